The number of nitrogens with zero attached hydrogens (tertiary/aromatic N) is 1. The van der Waals surface area contributed by atoms with E-state index in [1.165, 1.54) is 22.8 Å². The summed E-state index contributed by atoms with van der Waals surface area (Å²) in [5.74, 6) is 0.180. The predicted octanol–water partition coefficient (Wildman–Crippen LogP) is 5.50. The highest BCUT2D eigenvalue weighted by atomic mass is 19.1. The molecule has 0 spiro atoms. The summed E-state index contributed by atoms with van der Waals surface area (Å²) in [6.45, 7) is 0. The molecule has 0 unspecified atom stereocenters. The van der Waals surface area contributed by atoms with Crippen molar-refractivity contribution < 1.29 is 4.39 Å². The number of fused-ring (bicyclic) bond motifs is 1. The second-order valence-corrected chi connectivity index (χ2v) is 7.41. The molecule has 4 rings (SSSR count). The summed E-state index contributed by atoms with van der Waals surface area (Å²) >= 11 is 0. The molecule has 0 N–H and O–H groups in total. The summed E-state index contributed by atoms with van der Waals surface area (Å²) in [4.78, 5) is 2.32. The number of likely N-dealkylation sites (N-methyl/N-ethyl adjacent to an activating group) is 1. The van der Waals surface area contributed by atoms with Gasteiger partial charge in [0.25, 0.3) is 0 Å². The van der Waals surface area contributed by atoms with E-state index in [4.69, 9.17) is 0 Å². The summed E-state index contributed by atoms with van der Waals surface area (Å²) in [7, 11) is 4.32. The molecule has 26 heavy (non-hydrogen) atoms. The standard InChI is InChI=1S/C24H24FN/c1-26(2)20-15-19-8-3-4-11-21(19)23(16-20)18-10-7-9-17(14-18)22-12-5-6-13-24(22)25/h3-14,20,23H,15-16H2,1-2H3/t20-,23-/m1/s1. The van der Waals surface area contributed by atoms with Gasteiger partial charge in [0.15, 0.2) is 0 Å². The minimum absolute atomic E-state index is 0.167. The van der Waals surface area contributed by atoms with Gasteiger partial charge in [0.2, 0.25) is 0 Å². The van der Waals surface area contributed by atoms with Crippen molar-refractivity contribution in [2.75, 3.05) is 14.1 Å². The average molecular weight is 345 g/mol. The summed E-state index contributed by atoms with van der Waals surface area (Å²) in [6.07, 6.45) is 2.18. The lowest BCUT2D eigenvalue weighted by molar-refractivity contribution is 0.258. The largest absolute Gasteiger partial charge is 0.306 e. The number of benzene rings is 3. The fourth-order valence-electron chi connectivity index (χ4n) is 4.12. The lowest BCUT2D eigenvalue weighted by Crippen LogP contribution is -2.35. The third-order valence-electron chi connectivity index (χ3n) is 5.60. The van der Waals surface area contributed by atoms with Gasteiger partial charge in [-0.3, -0.25) is 0 Å². The topological polar surface area (TPSA) is 3.24 Å². The molecule has 1 aliphatic rings. The van der Waals surface area contributed by atoms with Gasteiger partial charge in [-0.15, -0.1) is 0 Å². The van der Waals surface area contributed by atoms with Gasteiger partial charge in [0.1, 0.15) is 5.82 Å². The van der Waals surface area contributed by atoms with Crippen molar-refractivity contribution in [3.05, 3.63) is 95.3 Å². The molecular formula is C24H24FN. The van der Waals surface area contributed by atoms with Gasteiger partial charge < -0.3 is 4.90 Å². The van der Waals surface area contributed by atoms with Crippen LogP contribution in [0.15, 0.2) is 72.8 Å². The van der Waals surface area contributed by atoms with Gasteiger partial charge in [-0.2, -0.15) is 0 Å². The predicted molar refractivity (Wildman–Crippen MR) is 106 cm³/mol. The van der Waals surface area contributed by atoms with Crippen LogP contribution in [0.3, 0.4) is 0 Å². The highest BCUT2D eigenvalue weighted by Crippen LogP contribution is 2.39. The molecule has 3 aromatic carbocycles. The van der Waals surface area contributed by atoms with Crippen LogP contribution in [0.25, 0.3) is 11.1 Å². The van der Waals surface area contributed by atoms with E-state index < -0.39 is 0 Å². The van der Waals surface area contributed by atoms with Gasteiger partial charge in [-0.05, 0) is 55.3 Å². The van der Waals surface area contributed by atoms with Crippen molar-refractivity contribution in [2.24, 2.45) is 0 Å². The van der Waals surface area contributed by atoms with Crippen molar-refractivity contribution in [2.45, 2.75) is 24.8 Å². The minimum Gasteiger partial charge on any atom is -0.306 e. The van der Waals surface area contributed by atoms with E-state index in [2.05, 4.69) is 61.5 Å². The summed E-state index contributed by atoms with van der Waals surface area (Å²) in [5, 5.41) is 0. The number of rotatable bonds is 3. The van der Waals surface area contributed by atoms with Gasteiger partial charge in [0.05, 0.1) is 0 Å². The molecule has 0 radical (unpaired) electrons. The van der Waals surface area contributed by atoms with E-state index in [0.29, 0.717) is 17.5 Å². The Morgan fingerprint density at radius 1 is 0.885 bits per heavy atom. The molecule has 0 aromatic heterocycles. The van der Waals surface area contributed by atoms with Crippen LogP contribution < -0.4 is 0 Å². The quantitative estimate of drug-likeness (QED) is 0.606. The Morgan fingerprint density at radius 2 is 1.65 bits per heavy atom. The molecular weight excluding hydrogens is 321 g/mol. The van der Waals surface area contributed by atoms with Crippen molar-refractivity contribution in [1.82, 2.24) is 4.90 Å². The maximum atomic E-state index is 14.2. The molecule has 0 bridgehead atoms. The highest BCUT2D eigenvalue weighted by molar-refractivity contribution is 5.65. The third-order valence-corrected chi connectivity index (χ3v) is 5.60. The van der Waals surface area contributed by atoms with Crippen molar-refractivity contribution in [1.29, 1.82) is 0 Å². The Hall–Kier alpha value is -2.45. The first kappa shape index (κ1) is 17.0. The first-order valence-corrected chi connectivity index (χ1v) is 9.22. The average Bonchev–Trinajstić information content (AvgIpc) is 2.67. The van der Waals surface area contributed by atoms with E-state index in [9.17, 15) is 4.39 Å². The SMILES string of the molecule is CN(C)[C@@H]1Cc2ccccc2[C@@H](c2cccc(-c3ccccc3F)c2)C1. The second-order valence-electron chi connectivity index (χ2n) is 7.41. The number of halogens is 1. The van der Waals surface area contributed by atoms with Crippen molar-refractivity contribution in [3.8, 4) is 11.1 Å². The van der Waals surface area contributed by atoms with Crippen LogP contribution in [-0.4, -0.2) is 25.0 Å². The van der Waals surface area contributed by atoms with Crippen LogP contribution in [0.5, 0.6) is 0 Å². The van der Waals surface area contributed by atoms with Crippen LogP contribution in [-0.2, 0) is 6.42 Å². The molecule has 0 heterocycles. The smallest absolute Gasteiger partial charge is 0.131 e. The summed E-state index contributed by atoms with van der Waals surface area (Å²) < 4.78 is 14.2. The van der Waals surface area contributed by atoms with Gasteiger partial charge in [-0.25, -0.2) is 4.39 Å². The Bertz CT molecular complexity index is 915. The molecule has 0 saturated heterocycles. The van der Waals surface area contributed by atoms with Crippen molar-refractivity contribution in [3.63, 3.8) is 0 Å². The fraction of sp³-hybridized carbons (Fsp3) is 0.250. The van der Waals surface area contributed by atoms with E-state index in [1.807, 2.05) is 18.2 Å². The fourth-order valence-corrected chi connectivity index (χ4v) is 4.12. The molecule has 2 heteroatoms. The first-order chi connectivity index (χ1) is 12.6. The van der Waals surface area contributed by atoms with E-state index >= 15 is 0 Å². The van der Waals surface area contributed by atoms with Gasteiger partial charge >= 0.3 is 0 Å². The third kappa shape index (κ3) is 3.17. The van der Waals surface area contributed by atoms with E-state index in [-0.39, 0.29) is 5.82 Å². The molecule has 132 valence electrons. The van der Waals surface area contributed by atoms with Crippen LogP contribution >= 0.6 is 0 Å². The van der Waals surface area contributed by atoms with E-state index in [0.717, 1.165) is 18.4 Å². The molecule has 0 amide bonds. The molecule has 2 atom stereocenters. The lowest BCUT2D eigenvalue weighted by Gasteiger charge is -2.35. The Morgan fingerprint density at radius 3 is 2.46 bits per heavy atom. The van der Waals surface area contributed by atoms with Gasteiger partial charge in [-0.1, -0.05) is 66.7 Å². The number of hydrogen-bond donors (Lipinski definition) is 0. The molecule has 0 fully saturated rings. The molecule has 0 aliphatic heterocycles. The molecule has 1 nitrogen and oxygen atoms in total. The normalized spacial score (nSPS) is 19.4. The van der Waals surface area contributed by atoms with Crippen LogP contribution in [0.2, 0.25) is 0 Å². The van der Waals surface area contributed by atoms with E-state index in [1.54, 1.807) is 6.07 Å². The lowest BCUT2D eigenvalue weighted by atomic mass is 9.76. The maximum Gasteiger partial charge on any atom is 0.131 e. The summed E-state index contributed by atoms with van der Waals surface area (Å²) in [6, 6.07) is 24.7. The summed E-state index contributed by atoms with van der Waals surface area (Å²) in [5.41, 5.74) is 5.73. The van der Waals surface area contributed by atoms with Crippen LogP contribution in [0.4, 0.5) is 4.39 Å². The molecule has 0 saturated carbocycles. The van der Waals surface area contributed by atoms with Gasteiger partial charge in [0, 0.05) is 17.5 Å². The van der Waals surface area contributed by atoms with Crippen LogP contribution in [0, 0.1) is 5.82 Å². The maximum absolute atomic E-state index is 14.2. The van der Waals surface area contributed by atoms with Crippen LogP contribution in [0.1, 0.15) is 29.0 Å². The number of hydrogen-bond acceptors (Lipinski definition) is 1. The highest BCUT2D eigenvalue weighted by Gasteiger charge is 2.29. The monoisotopic (exact) mass is 345 g/mol. The zero-order valence-electron chi connectivity index (χ0n) is 15.3. The Balaban J connectivity index is 1.78. The minimum atomic E-state index is -0.167. The molecule has 3 aromatic rings. The first-order valence-electron chi connectivity index (χ1n) is 9.22. The molecule has 1 aliphatic carbocycles. The zero-order valence-corrected chi connectivity index (χ0v) is 15.3. The Labute approximate surface area is 155 Å². The second kappa shape index (κ2) is 7.05. The zero-order chi connectivity index (χ0) is 18.1. The Kier molecular flexibility index (Phi) is 4.60. The van der Waals surface area contributed by atoms with Crippen molar-refractivity contribution >= 4 is 0 Å².